The molecule has 2 heterocycles. The van der Waals surface area contributed by atoms with Crippen molar-refractivity contribution in [2.24, 2.45) is 0 Å². The Kier molecular flexibility index (Phi) is 4.40. The first-order valence-electron chi connectivity index (χ1n) is 8.24. The van der Waals surface area contributed by atoms with E-state index in [1.807, 2.05) is 66.1 Å². The molecule has 3 aromatic rings. The molecule has 1 aromatic heterocycles. The van der Waals surface area contributed by atoms with Gasteiger partial charge in [0.1, 0.15) is 0 Å². The van der Waals surface area contributed by atoms with Crippen molar-refractivity contribution in [1.29, 1.82) is 0 Å². The molecule has 0 unspecified atom stereocenters. The Bertz CT molecular complexity index is 973. The second-order valence-corrected chi connectivity index (χ2v) is 7.66. The van der Waals surface area contributed by atoms with E-state index in [-0.39, 0.29) is 5.91 Å². The summed E-state index contributed by atoms with van der Waals surface area (Å²) in [6.45, 7) is 2.61. The molecular weight excluding hydrogens is 352 g/mol. The number of anilines is 1. The molecule has 1 aliphatic heterocycles. The van der Waals surface area contributed by atoms with Gasteiger partial charge < -0.3 is 4.90 Å². The molecule has 5 heteroatoms. The summed E-state index contributed by atoms with van der Waals surface area (Å²) in [5.41, 5.74) is 3.22. The smallest absolute Gasteiger partial charge is 0.260 e. The Hall–Kier alpha value is -2.04. The van der Waals surface area contributed by atoms with Crippen molar-refractivity contribution >= 4 is 45.9 Å². The number of halogens is 1. The van der Waals surface area contributed by atoms with Crippen LogP contribution in [0.5, 0.6) is 0 Å². The van der Waals surface area contributed by atoms with E-state index >= 15 is 0 Å². The molecule has 126 valence electrons. The maximum absolute atomic E-state index is 13.3. The van der Waals surface area contributed by atoms with Crippen molar-refractivity contribution < 1.29 is 4.79 Å². The van der Waals surface area contributed by atoms with Crippen molar-refractivity contribution in [1.82, 2.24) is 4.98 Å². The minimum absolute atomic E-state index is 0.00169. The van der Waals surface area contributed by atoms with Gasteiger partial charge >= 0.3 is 0 Å². The van der Waals surface area contributed by atoms with Gasteiger partial charge in [-0.3, -0.25) is 9.78 Å². The third-order valence-electron chi connectivity index (χ3n) is 4.38. The second-order valence-electron chi connectivity index (χ2n) is 6.08. The topological polar surface area (TPSA) is 33.2 Å². The molecule has 0 saturated carbocycles. The van der Waals surface area contributed by atoms with E-state index in [2.05, 4.69) is 11.1 Å². The van der Waals surface area contributed by atoms with E-state index in [0.29, 0.717) is 10.6 Å². The summed E-state index contributed by atoms with van der Waals surface area (Å²) in [7, 11) is 0. The third-order valence-corrected chi connectivity index (χ3v) is 5.77. The summed E-state index contributed by atoms with van der Waals surface area (Å²) in [4.78, 5) is 20.9. The quantitative estimate of drug-likeness (QED) is 0.581. The lowest BCUT2D eigenvalue weighted by atomic mass is 10.1. The molecule has 0 bridgehead atoms. The van der Waals surface area contributed by atoms with Gasteiger partial charge in [0.25, 0.3) is 5.91 Å². The van der Waals surface area contributed by atoms with E-state index in [1.165, 1.54) is 0 Å². The predicted octanol–water partition coefficient (Wildman–Crippen LogP) is 5.34. The summed E-state index contributed by atoms with van der Waals surface area (Å²) in [6, 6.07) is 15.6. The van der Waals surface area contributed by atoms with Gasteiger partial charge in [-0.2, -0.15) is 0 Å². The first-order chi connectivity index (χ1) is 12.1. The molecule has 0 spiro atoms. The molecule has 4 rings (SSSR count). The Labute approximate surface area is 156 Å². The second kappa shape index (κ2) is 6.70. The molecule has 1 aliphatic rings. The van der Waals surface area contributed by atoms with E-state index in [4.69, 9.17) is 11.6 Å². The fourth-order valence-electron chi connectivity index (χ4n) is 3.14. The van der Waals surface area contributed by atoms with Crippen LogP contribution in [0.25, 0.3) is 10.9 Å². The SMILES string of the molecule is Cc1nc2ccc(Cl)cc2cc1C(=O)N1CCCSc2ccccc21. The van der Waals surface area contributed by atoms with Crippen molar-refractivity contribution in [3.63, 3.8) is 0 Å². The van der Waals surface area contributed by atoms with Crippen LogP contribution in [-0.2, 0) is 0 Å². The van der Waals surface area contributed by atoms with Gasteiger partial charge in [0.05, 0.1) is 22.5 Å². The van der Waals surface area contributed by atoms with Crippen LogP contribution in [0.2, 0.25) is 5.02 Å². The predicted molar refractivity (Wildman–Crippen MR) is 105 cm³/mol. The Morgan fingerprint density at radius 3 is 2.92 bits per heavy atom. The van der Waals surface area contributed by atoms with Crippen LogP contribution in [0.15, 0.2) is 53.4 Å². The summed E-state index contributed by atoms with van der Waals surface area (Å²) in [5.74, 6) is 1.02. The molecule has 3 nitrogen and oxygen atoms in total. The molecule has 0 aliphatic carbocycles. The zero-order valence-corrected chi connectivity index (χ0v) is 15.4. The molecule has 0 N–H and O–H groups in total. The van der Waals surface area contributed by atoms with Crippen molar-refractivity contribution in [2.75, 3.05) is 17.2 Å². The first-order valence-corrected chi connectivity index (χ1v) is 9.60. The number of benzene rings is 2. The van der Waals surface area contributed by atoms with Gasteiger partial charge in [0.15, 0.2) is 0 Å². The fraction of sp³-hybridized carbons (Fsp3) is 0.200. The Balaban J connectivity index is 1.81. The molecule has 0 radical (unpaired) electrons. The number of para-hydroxylation sites is 1. The molecule has 2 aromatic carbocycles. The van der Waals surface area contributed by atoms with E-state index in [9.17, 15) is 4.79 Å². The highest BCUT2D eigenvalue weighted by molar-refractivity contribution is 7.99. The van der Waals surface area contributed by atoms with Crippen LogP contribution < -0.4 is 4.90 Å². The molecule has 25 heavy (non-hydrogen) atoms. The first kappa shape index (κ1) is 16.4. The Morgan fingerprint density at radius 2 is 2.04 bits per heavy atom. The number of carbonyl (C=O) groups excluding carboxylic acids is 1. The van der Waals surface area contributed by atoms with Crippen molar-refractivity contribution in [2.45, 2.75) is 18.2 Å². The molecule has 0 fully saturated rings. The van der Waals surface area contributed by atoms with Crippen LogP contribution in [0, 0.1) is 6.92 Å². The van der Waals surface area contributed by atoms with Crippen LogP contribution >= 0.6 is 23.4 Å². The van der Waals surface area contributed by atoms with Crippen LogP contribution in [-0.4, -0.2) is 23.2 Å². The van der Waals surface area contributed by atoms with Gasteiger partial charge in [-0.1, -0.05) is 23.7 Å². The number of thioether (sulfide) groups is 1. The lowest BCUT2D eigenvalue weighted by molar-refractivity contribution is 0.0986. The number of hydrogen-bond acceptors (Lipinski definition) is 3. The van der Waals surface area contributed by atoms with E-state index < -0.39 is 0 Å². The zero-order valence-electron chi connectivity index (χ0n) is 13.8. The normalized spacial score (nSPS) is 14.2. The third kappa shape index (κ3) is 3.12. The zero-order chi connectivity index (χ0) is 17.4. The fourth-order valence-corrected chi connectivity index (χ4v) is 4.32. The average Bonchev–Trinajstić information content (AvgIpc) is 2.83. The van der Waals surface area contributed by atoms with E-state index in [1.54, 1.807) is 0 Å². The van der Waals surface area contributed by atoms with Gasteiger partial charge in [-0.25, -0.2) is 0 Å². The maximum Gasteiger partial charge on any atom is 0.260 e. The summed E-state index contributed by atoms with van der Waals surface area (Å²) < 4.78 is 0. The minimum atomic E-state index is 0.00169. The maximum atomic E-state index is 13.3. The number of fused-ring (bicyclic) bond motifs is 2. The number of pyridine rings is 1. The van der Waals surface area contributed by atoms with Gasteiger partial charge in [0, 0.05) is 21.8 Å². The number of nitrogens with zero attached hydrogens (tertiary/aromatic N) is 2. The highest BCUT2D eigenvalue weighted by Crippen LogP contribution is 2.34. The van der Waals surface area contributed by atoms with Crippen molar-refractivity contribution in [3.8, 4) is 0 Å². The van der Waals surface area contributed by atoms with Crippen LogP contribution in [0.3, 0.4) is 0 Å². The summed E-state index contributed by atoms with van der Waals surface area (Å²) in [6.07, 6.45) is 0.969. The van der Waals surface area contributed by atoms with Crippen LogP contribution in [0.1, 0.15) is 22.5 Å². The highest BCUT2D eigenvalue weighted by atomic mass is 35.5. The number of amides is 1. The van der Waals surface area contributed by atoms with Gasteiger partial charge in [0.2, 0.25) is 0 Å². The Morgan fingerprint density at radius 1 is 1.20 bits per heavy atom. The molecule has 0 saturated heterocycles. The molecule has 1 amide bonds. The number of aromatic nitrogens is 1. The summed E-state index contributed by atoms with van der Waals surface area (Å²) in [5, 5.41) is 1.53. The number of aryl methyl sites for hydroxylation is 1. The largest absolute Gasteiger partial charge is 0.307 e. The number of rotatable bonds is 1. The van der Waals surface area contributed by atoms with Crippen molar-refractivity contribution in [3.05, 3.63) is 64.8 Å². The van der Waals surface area contributed by atoms with Crippen LogP contribution in [0.4, 0.5) is 5.69 Å². The lowest BCUT2D eigenvalue weighted by Crippen LogP contribution is -2.32. The molecular formula is C20H17ClN2OS. The van der Waals surface area contributed by atoms with Gasteiger partial charge in [-0.15, -0.1) is 11.8 Å². The monoisotopic (exact) mass is 368 g/mol. The number of carbonyl (C=O) groups is 1. The minimum Gasteiger partial charge on any atom is -0.307 e. The summed E-state index contributed by atoms with van der Waals surface area (Å²) >= 11 is 7.91. The lowest BCUT2D eigenvalue weighted by Gasteiger charge is -2.23. The number of hydrogen-bond donors (Lipinski definition) is 0. The standard InChI is InChI=1S/C20H17ClN2OS/c1-13-16(12-14-11-15(21)7-8-17(14)22-13)20(24)23-9-4-10-25-19-6-3-2-5-18(19)23/h2-3,5-8,11-12H,4,9-10H2,1H3. The van der Waals surface area contributed by atoms with E-state index in [0.717, 1.165) is 45.9 Å². The average molecular weight is 369 g/mol. The van der Waals surface area contributed by atoms with Gasteiger partial charge in [-0.05, 0) is 55.5 Å². The highest BCUT2D eigenvalue weighted by Gasteiger charge is 2.24. The molecule has 0 atom stereocenters.